The average Bonchev–Trinajstić information content (AvgIpc) is 3.17. The van der Waals surface area contributed by atoms with Gasteiger partial charge in [-0.05, 0) is 25.8 Å². The van der Waals surface area contributed by atoms with Crippen molar-refractivity contribution in [3.63, 3.8) is 0 Å². The Morgan fingerprint density at radius 3 is 3.04 bits per heavy atom. The number of aromatic nitrogens is 3. The summed E-state index contributed by atoms with van der Waals surface area (Å²) in [4.78, 5) is 29.8. The SMILES string of the molecule is CCOc1ccc2nc(C(=O)NCCCN3CCCC3=O)cn2n1. The number of imidazole rings is 1. The van der Waals surface area contributed by atoms with E-state index in [2.05, 4.69) is 15.4 Å². The van der Waals surface area contributed by atoms with Gasteiger partial charge in [0.1, 0.15) is 5.69 Å². The summed E-state index contributed by atoms with van der Waals surface area (Å²) in [6, 6.07) is 3.48. The molecule has 0 bridgehead atoms. The molecule has 8 heteroatoms. The zero-order valence-electron chi connectivity index (χ0n) is 13.7. The summed E-state index contributed by atoms with van der Waals surface area (Å²) in [5.41, 5.74) is 0.902. The van der Waals surface area contributed by atoms with E-state index in [0.717, 1.165) is 19.4 Å². The maximum atomic E-state index is 12.2. The van der Waals surface area contributed by atoms with Crippen LogP contribution in [0.5, 0.6) is 5.88 Å². The molecule has 1 fully saturated rings. The van der Waals surface area contributed by atoms with Crippen LogP contribution in [-0.2, 0) is 4.79 Å². The molecule has 128 valence electrons. The maximum Gasteiger partial charge on any atom is 0.271 e. The normalized spacial score (nSPS) is 14.4. The number of nitrogens with one attached hydrogen (secondary N) is 1. The molecule has 8 nitrogen and oxygen atoms in total. The van der Waals surface area contributed by atoms with Crippen molar-refractivity contribution in [1.29, 1.82) is 0 Å². The van der Waals surface area contributed by atoms with Crippen LogP contribution in [0, 0.1) is 0 Å². The van der Waals surface area contributed by atoms with E-state index in [1.807, 2.05) is 11.8 Å². The molecule has 2 aromatic rings. The second-order valence-corrected chi connectivity index (χ2v) is 5.63. The molecule has 0 spiro atoms. The Hall–Kier alpha value is -2.64. The monoisotopic (exact) mass is 331 g/mol. The fourth-order valence-corrected chi connectivity index (χ4v) is 2.70. The number of carbonyl (C=O) groups is 2. The Kier molecular flexibility index (Phi) is 4.93. The molecule has 2 amide bonds. The first-order valence-corrected chi connectivity index (χ1v) is 8.22. The van der Waals surface area contributed by atoms with Crippen LogP contribution in [0.4, 0.5) is 0 Å². The Morgan fingerprint density at radius 1 is 1.42 bits per heavy atom. The minimum Gasteiger partial charge on any atom is -0.477 e. The third-order valence-corrected chi connectivity index (χ3v) is 3.88. The van der Waals surface area contributed by atoms with E-state index in [9.17, 15) is 9.59 Å². The maximum absolute atomic E-state index is 12.2. The van der Waals surface area contributed by atoms with Gasteiger partial charge in [0.25, 0.3) is 5.91 Å². The molecule has 2 aromatic heterocycles. The largest absolute Gasteiger partial charge is 0.477 e. The molecule has 1 N–H and O–H groups in total. The van der Waals surface area contributed by atoms with Crippen molar-refractivity contribution in [2.24, 2.45) is 0 Å². The minimum atomic E-state index is -0.244. The van der Waals surface area contributed by atoms with Crippen LogP contribution in [0.25, 0.3) is 5.65 Å². The predicted molar refractivity (Wildman–Crippen MR) is 86.9 cm³/mol. The van der Waals surface area contributed by atoms with Gasteiger partial charge in [0.2, 0.25) is 11.8 Å². The number of rotatable bonds is 7. The van der Waals surface area contributed by atoms with E-state index in [0.29, 0.717) is 43.3 Å². The molecule has 1 saturated heterocycles. The van der Waals surface area contributed by atoms with E-state index >= 15 is 0 Å². The van der Waals surface area contributed by atoms with Gasteiger partial charge in [-0.15, -0.1) is 5.10 Å². The number of hydrogen-bond donors (Lipinski definition) is 1. The first-order valence-electron chi connectivity index (χ1n) is 8.22. The highest BCUT2D eigenvalue weighted by Gasteiger charge is 2.19. The Labute approximate surface area is 139 Å². The molecular weight excluding hydrogens is 310 g/mol. The van der Waals surface area contributed by atoms with Crippen LogP contribution in [0.3, 0.4) is 0 Å². The molecule has 1 aliphatic rings. The number of fused-ring (bicyclic) bond motifs is 1. The molecule has 0 aromatic carbocycles. The summed E-state index contributed by atoms with van der Waals surface area (Å²) >= 11 is 0. The summed E-state index contributed by atoms with van der Waals surface area (Å²) in [7, 11) is 0. The summed E-state index contributed by atoms with van der Waals surface area (Å²) < 4.78 is 6.86. The second kappa shape index (κ2) is 7.29. The first-order chi connectivity index (χ1) is 11.7. The van der Waals surface area contributed by atoms with Crippen LogP contribution in [0.15, 0.2) is 18.3 Å². The summed E-state index contributed by atoms with van der Waals surface area (Å²) in [6.07, 6.45) is 3.89. The Morgan fingerprint density at radius 2 is 2.29 bits per heavy atom. The van der Waals surface area contributed by atoms with Gasteiger partial charge >= 0.3 is 0 Å². The highest BCUT2D eigenvalue weighted by Crippen LogP contribution is 2.11. The van der Waals surface area contributed by atoms with E-state index in [1.165, 1.54) is 4.52 Å². The van der Waals surface area contributed by atoms with E-state index in [4.69, 9.17) is 4.74 Å². The van der Waals surface area contributed by atoms with Crippen molar-refractivity contribution in [3.8, 4) is 5.88 Å². The summed E-state index contributed by atoms with van der Waals surface area (Å²) in [5, 5.41) is 7.06. The van der Waals surface area contributed by atoms with Gasteiger partial charge < -0.3 is 15.0 Å². The zero-order chi connectivity index (χ0) is 16.9. The summed E-state index contributed by atoms with van der Waals surface area (Å²) in [6.45, 7) is 4.43. The lowest BCUT2D eigenvalue weighted by Crippen LogP contribution is -2.30. The average molecular weight is 331 g/mol. The quantitative estimate of drug-likeness (QED) is 0.761. The number of likely N-dealkylation sites (tertiary alicyclic amines) is 1. The standard InChI is InChI=1S/C16H21N5O3/c1-2-24-14-7-6-13-18-12(11-21(13)19-14)16(23)17-8-4-10-20-9-3-5-15(20)22/h6-7,11H,2-5,8-10H2,1H3,(H,17,23). The Bertz CT molecular complexity index is 742. The van der Waals surface area contributed by atoms with Crippen LogP contribution in [0.2, 0.25) is 0 Å². The number of hydrogen-bond acceptors (Lipinski definition) is 5. The van der Waals surface area contributed by atoms with Crippen LogP contribution in [-0.4, -0.2) is 57.6 Å². The number of ether oxygens (including phenoxy) is 1. The molecule has 3 rings (SSSR count). The molecule has 0 aliphatic carbocycles. The lowest BCUT2D eigenvalue weighted by atomic mass is 10.3. The van der Waals surface area contributed by atoms with Crippen LogP contribution >= 0.6 is 0 Å². The van der Waals surface area contributed by atoms with Gasteiger partial charge in [-0.2, -0.15) is 0 Å². The molecule has 0 radical (unpaired) electrons. The zero-order valence-corrected chi connectivity index (χ0v) is 13.7. The van der Waals surface area contributed by atoms with Crippen LogP contribution in [0.1, 0.15) is 36.7 Å². The van der Waals surface area contributed by atoms with Crippen LogP contribution < -0.4 is 10.1 Å². The molecule has 3 heterocycles. The van der Waals surface area contributed by atoms with Crippen molar-refractivity contribution in [3.05, 3.63) is 24.0 Å². The molecule has 24 heavy (non-hydrogen) atoms. The van der Waals surface area contributed by atoms with Gasteiger partial charge in [-0.3, -0.25) is 9.59 Å². The van der Waals surface area contributed by atoms with E-state index < -0.39 is 0 Å². The smallest absolute Gasteiger partial charge is 0.271 e. The predicted octanol–water partition coefficient (Wildman–Crippen LogP) is 0.870. The van der Waals surface area contributed by atoms with Gasteiger partial charge in [0.15, 0.2) is 5.65 Å². The first kappa shape index (κ1) is 16.2. The topological polar surface area (TPSA) is 88.8 Å². The van der Waals surface area contributed by atoms with Crippen molar-refractivity contribution in [2.75, 3.05) is 26.2 Å². The number of nitrogens with zero attached hydrogens (tertiary/aromatic N) is 4. The highest BCUT2D eigenvalue weighted by molar-refractivity contribution is 5.92. The third-order valence-electron chi connectivity index (χ3n) is 3.88. The van der Waals surface area contributed by atoms with Crippen molar-refractivity contribution >= 4 is 17.5 Å². The van der Waals surface area contributed by atoms with Gasteiger partial charge in [0.05, 0.1) is 12.8 Å². The lowest BCUT2D eigenvalue weighted by Gasteiger charge is -2.14. The van der Waals surface area contributed by atoms with Crippen molar-refractivity contribution < 1.29 is 14.3 Å². The second-order valence-electron chi connectivity index (χ2n) is 5.63. The number of amides is 2. The van der Waals surface area contributed by atoms with E-state index in [-0.39, 0.29) is 11.8 Å². The van der Waals surface area contributed by atoms with Gasteiger partial charge in [-0.1, -0.05) is 0 Å². The van der Waals surface area contributed by atoms with Crippen molar-refractivity contribution in [1.82, 2.24) is 24.8 Å². The van der Waals surface area contributed by atoms with E-state index in [1.54, 1.807) is 18.3 Å². The fourth-order valence-electron chi connectivity index (χ4n) is 2.70. The van der Waals surface area contributed by atoms with Crippen molar-refractivity contribution in [2.45, 2.75) is 26.2 Å². The molecular formula is C16H21N5O3. The highest BCUT2D eigenvalue weighted by atomic mass is 16.5. The fraction of sp³-hybridized carbons (Fsp3) is 0.500. The molecule has 0 unspecified atom stereocenters. The molecule has 0 atom stereocenters. The Balaban J connectivity index is 1.52. The lowest BCUT2D eigenvalue weighted by molar-refractivity contribution is -0.127. The van der Waals surface area contributed by atoms with Gasteiger partial charge in [0, 0.05) is 32.1 Å². The molecule has 0 saturated carbocycles. The third kappa shape index (κ3) is 3.64. The van der Waals surface area contributed by atoms with Gasteiger partial charge in [-0.25, -0.2) is 9.50 Å². The minimum absolute atomic E-state index is 0.206. The summed E-state index contributed by atoms with van der Waals surface area (Å²) in [5.74, 6) is 0.453. The number of carbonyl (C=O) groups excluding carboxylic acids is 2. The molecule has 1 aliphatic heterocycles.